The maximum atomic E-state index is 13.2. The molecular weight excluding hydrogens is 356 g/mol. The lowest BCUT2D eigenvalue weighted by Crippen LogP contribution is -2.27. The number of anilines is 1. The van der Waals surface area contributed by atoms with Crippen molar-refractivity contribution in [1.29, 1.82) is 5.26 Å². The van der Waals surface area contributed by atoms with E-state index in [4.69, 9.17) is 0 Å². The van der Waals surface area contributed by atoms with Gasteiger partial charge in [-0.3, -0.25) is 0 Å². The Morgan fingerprint density at radius 3 is 2.15 bits per heavy atom. The van der Waals surface area contributed by atoms with Crippen molar-refractivity contribution >= 4 is 15.7 Å². The third-order valence-electron chi connectivity index (χ3n) is 3.88. The minimum atomic E-state index is -3.97. The Labute approximate surface area is 159 Å². The lowest BCUT2D eigenvalue weighted by Gasteiger charge is -2.19. The zero-order valence-electron chi connectivity index (χ0n) is 14.6. The molecule has 132 valence electrons. The number of nitrogens with zero attached hydrogens (tertiary/aromatic N) is 2. The van der Waals surface area contributed by atoms with Gasteiger partial charge in [-0.05, 0) is 49.2 Å². The van der Waals surface area contributed by atoms with Crippen LogP contribution in [0.2, 0.25) is 0 Å². The molecule has 0 saturated heterocycles. The van der Waals surface area contributed by atoms with E-state index >= 15 is 0 Å². The number of benzene rings is 3. The summed E-state index contributed by atoms with van der Waals surface area (Å²) in [5, 5.41) is 9.41. The number of rotatable bonds is 3. The van der Waals surface area contributed by atoms with E-state index in [2.05, 4.69) is 12.0 Å². The smallest absolute Gasteiger partial charge is 0.200 e. The molecule has 3 aromatic rings. The Morgan fingerprint density at radius 1 is 0.852 bits per heavy atom. The van der Waals surface area contributed by atoms with Gasteiger partial charge in [-0.15, -0.1) is 0 Å². The van der Waals surface area contributed by atoms with Crippen molar-refractivity contribution in [1.82, 2.24) is 0 Å². The normalized spacial score (nSPS) is 10.4. The molecule has 0 amide bonds. The molecule has 0 N–H and O–H groups in total. The van der Waals surface area contributed by atoms with Crippen molar-refractivity contribution in [3.63, 3.8) is 0 Å². The average Bonchev–Trinajstić information content (AvgIpc) is 2.69. The first-order chi connectivity index (χ1) is 13.0. The molecule has 0 aliphatic carbocycles. The van der Waals surface area contributed by atoms with Crippen molar-refractivity contribution in [2.75, 3.05) is 4.31 Å². The van der Waals surface area contributed by atoms with Gasteiger partial charge in [0.25, 0.3) is 10.0 Å². The van der Waals surface area contributed by atoms with E-state index in [1.807, 2.05) is 31.2 Å². The fraction of sp³-hybridized carbons (Fsp3) is 0.0455. The molecular formula is C22H16N2O2S. The topological polar surface area (TPSA) is 61.2 Å². The van der Waals surface area contributed by atoms with E-state index in [1.165, 1.54) is 12.1 Å². The molecule has 0 spiro atoms. The van der Waals surface area contributed by atoms with Crippen molar-refractivity contribution < 1.29 is 8.42 Å². The van der Waals surface area contributed by atoms with E-state index in [-0.39, 0.29) is 16.1 Å². The molecule has 0 heterocycles. The van der Waals surface area contributed by atoms with Crippen LogP contribution in [0.3, 0.4) is 0 Å². The summed E-state index contributed by atoms with van der Waals surface area (Å²) in [6, 6.07) is 26.9. The molecule has 3 rings (SSSR count). The van der Waals surface area contributed by atoms with Gasteiger partial charge in [0.05, 0.1) is 16.1 Å². The van der Waals surface area contributed by atoms with Crippen molar-refractivity contribution in [2.45, 2.75) is 11.8 Å². The Bertz CT molecular complexity index is 1150. The van der Waals surface area contributed by atoms with E-state index in [9.17, 15) is 13.7 Å². The number of para-hydroxylation sites is 1. The number of hydrogen-bond donors (Lipinski definition) is 0. The number of aryl methyl sites for hydroxylation is 1. The highest BCUT2D eigenvalue weighted by atomic mass is 32.2. The van der Waals surface area contributed by atoms with Crippen LogP contribution in [0, 0.1) is 30.2 Å². The average molecular weight is 372 g/mol. The van der Waals surface area contributed by atoms with Gasteiger partial charge in [0.15, 0.2) is 0 Å². The summed E-state index contributed by atoms with van der Waals surface area (Å²) in [6.45, 7) is 1.88. The molecule has 27 heavy (non-hydrogen) atoms. The molecule has 0 bridgehead atoms. The van der Waals surface area contributed by atoms with Crippen molar-refractivity contribution in [2.24, 2.45) is 0 Å². The Kier molecular flexibility index (Phi) is 5.26. The van der Waals surface area contributed by atoms with Crippen LogP contribution in [0.1, 0.15) is 16.7 Å². The standard InChI is InChI=1S/C22H16N2O2S/c1-18-11-13-21(14-12-18)27(25,26)24(16-15-19-7-3-2-4-8-19)22-10-6-5-9-20(22)17-23/h2-14H,1H3. The number of nitriles is 1. The summed E-state index contributed by atoms with van der Waals surface area (Å²) in [5.41, 5.74) is 2.09. The molecule has 0 aliphatic rings. The van der Waals surface area contributed by atoms with Crippen LogP contribution in [0.4, 0.5) is 5.69 Å². The van der Waals surface area contributed by atoms with Gasteiger partial charge in [-0.2, -0.15) is 9.57 Å². The molecule has 3 aromatic carbocycles. The van der Waals surface area contributed by atoms with Gasteiger partial charge < -0.3 is 0 Å². The summed E-state index contributed by atoms with van der Waals surface area (Å²) in [5.74, 6) is 2.87. The maximum Gasteiger partial charge on any atom is 0.275 e. The van der Waals surface area contributed by atoms with Gasteiger partial charge in [-0.1, -0.05) is 48.0 Å². The first kappa shape index (κ1) is 18.3. The van der Waals surface area contributed by atoms with E-state index in [1.54, 1.807) is 48.5 Å². The first-order valence-corrected chi connectivity index (χ1v) is 9.64. The van der Waals surface area contributed by atoms with Crippen LogP contribution in [0.15, 0.2) is 83.8 Å². The zero-order chi connectivity index (χ0) is 19.3. The van der Waals surface area contributed by atoms with E-state index in [0.717, 1.165) is 9.87 Å². The number of sulfonamides is 1. The summed E-state index contributed by atoms with van der Waals surface area (Å²) in [4.78, 5) is 0.114. The zero-order valence-corrected chi connectivity index (χ0v) is 15.4. The fourth-order valence-electron chi connectivity index (χ4n) is 2.45. The number of hydrogen-bond acceptors (Lipinski definition) is 3. The summed E-state index contributed by atoms with van der Waals surface area (Å²) >= 11 is 0. The van der Waals surface area contributed by atoms with Crippen LogP contribution >= 0.6 is 0 Å². The quantitative estimate of drug-likeness (QED) is 0.514. The second-order valence-electron chi connectivity index (χ2n) is 5.81. The summed E-state index contributed by atoms with van der Waals surface area (Å²) in [7, 11) is -3.97. The minimum absolute atomic E-state index is 0.114. The van der Waals surface area contributed by atoms with E-state index < -0.39 is 10.0 Å². The molecule has 0 fully saturated rings. The van der Waals surface area contributed by atoms with Gasteiger partial charge in [0.1, 0.15) is 6.07 Å². The molecule has 0 aliphatic heterocycles. The van der Waals surface area contributed by atoms with Crippen molar-refractivity contribution in [3.8, 4) is 18.0 Å². The molecule has 0 aromatic heterocycles. The maximum absolute atomic E-state index is 13.2. The fourth-order valence-corrected chi connectivity index (χ4v) is 3.72. The Hall–Kier alpha value is -3.54. The highest BCUT2D eigenvalue weighted by Crippen LogP contribution is 2.26. The third kappa shape index (κ3) is 4.00. The minimum Gasteiger partial charge on any atom is -0.200 e. The molecule has 0 atom stereocenters. The van der Waals surface area contributed by atoms with E-state index in [0.29, 0.717) is 5.56 Å². The van der Waals surface area contributed by atoms with Crippen LogP contribution in [-0.2, 0) is 10.0 Å². The van der Waals surface area contributed by atoms with Crippen LogP contribution in [0.25, 0.3) is 0 Å². The molecule has 0 saturated carbocycles. The predicted molar refractivity (Wildman–Crippen MR) is 105 cm³/mol. The molecule has 4 nitrogen and oxygen atoms in total. The monoisotopic (exact) mass is 372 g/mol. The third-order valence-corrected chi connectivity index (χ3v) is 5.51. The van der Waals surface area contributed by atoms with Gasteiger partial charge >= 0.3 is 0 Å². The Morgan fingerprint density at radius 2 is 1.48 bits per heavy atom. The molecule has 5 heteroatoms. The predicted octanol–water partition coefficient (Wildman–Crippen LogP) is 4.07. The lowest BCUT2D eigenvalue weighted by atomic mass is 10.2. The molecule has 0 unspecified atom stereocenters. The van der Waals surface area contributed by atoms with Crippen LogP contribution in [0.5, 0.6) is 0 Å². The molecule has 0 radical (unpaired) electrons. The van der Waals surface area contributed by atoms with Gasteiger partial charge in [-0.25, -0.2) is 8.42 Å². The highest BCUT2D eigenvalue weighted by Gasteiger charge is 2.25. The van der Waals surface area contributed by atoms with Crippen molar-refractivity contribution in [3.05, 3.63) is 95.6 Å². The summed E-state index contributed by atoms with van der Waals surface area (Å²) in [6.07, 6.45) is 0. The largest absolute Gasteiger partial charge is 0.275 e. The Balaban J connectivity index is 2.17. The van der Waals surface area contributed by atoms with Gasteiger partial charge in [0.2, 0.25) is 0 Å². The van der Waals surface area contributed by atoms with Gasteiger partial charge in [0, 0.05) is 11.6 Å². The highest BCUT2D eigenvalue weighted by molar-refractivity contribution is 7.93. The second kappa shape index (κ2) is 7.78. The second-order valence-corrected chi connectivity index (χ2v) is 7.60. The summed E-state index contributed by atoms with van der Waals surface area (Å²) < 4.78 is 27.5. The lowest BCUT2D eigenvalue weighted by molar-refractivity contribution is 0.596. The SMILES string of the molecule is Cc1ccc(S(=O)(=O)N(C#Cc2ccccc2)c2ccccc2C#N)cc1. The van der Waals surface area contributed by atoms with Crippen LogP contribution < -0.4 is 4.31 Å². The van der Waals surface area contributed by atoms with Crippen LogP contribution in [-0.4, -0.2) is 8.42 Å². The first-order valence-electron chi connectivity index (χ1n) is 8.20.